The number of aromatic nitrogens is 1. The van der Waals surface area contributed by atoms with Crippen molar-refractivity contribution in [2.24, 2.45) is 0 Å². The molecule has 6 heteroatoms. The number of hydrogen-bond donors (Lipinski definition) is 1. The molecule has 0 unspecified atom stereocenters. The molecule has 0 bridgehead atoms. The van der Waals surface area contributed by atoms with E-state index in [-0.39, 0.29) is 30.7 Å². The van der Waals surface area contributed by atoms with Crippen LogP contribution in [0.3, 0.4) is 0 Å². The van der Waals surface area contributed by atoms with Crippen LogP contribution < -0.4 is 5.32 Å². The molecule has 4 nitrogen and oxygen atoms in total. The van der Waals surface area contributed by atoms with Crippen LogP contribution in [0.1, 0.15) is 17.3 Å². The van der Waals surface area contributed by atoms with Crippen molar-refractivity contribution < 1.29 is 4.79 Å². The van der Waals surface area contributed by atoms with Gasteiger partial charge in [-0.2, -0.15) is 0 Å². The fourth-order valence-corrected chi connectivity index (χ4v) is 1.79. The van der Waals surface area contributed by atoms with E-state index in [1.807, 2.05) is 11.0 Å². The molecule has 1 N–H and O–H groups in total. The summed E-state index contributed by atoms with van der Waals surface area (Å²) in [5, 5.41) is 3.31. The Hall–Kier alpha value is -0.840. The summed E-state index contributed by atoms with van der Waals surface area (Å²) in [5.41, 5.74) is 0.673. The van der Waals surface area contributed by atoms with E-state index >= 15 is 0 Å². The lowest BCUT2D eigenvalue weighted by Crippen LogP contribution is -2.51. The number of rotatable bonds is 1. The first-order chi connectivity index (χ1) is 7.27. The van der Waals surface area contributed by atoms with Gasteiger partial charge < -0.3 is 10.2 Å². The Morgan fingerprint density at radius 3 is 2.88 bits per heavy atom. The fraction of sp³-hybridized carbons (Fsp3) is 0.455. The van der Waals surface area contributed by atoms with Gasteiger partial charge in [0.25, 0.3) is 5.91 Å². The van der Waals surface area contributed by atoms with Gasteiger partial charge in [-0.05, 0) is 19.1 Å². The summed E-state index contributed by atoms with van der Waals surface area (Å²) in [5.74, 6) is 0.0800. The van der Waals surface area contributed by atoms with Gasteiger partial charge in [0.1, 0.15) is 0 Å². The van der Waals surface area contributed by atoms with Gasteiger partial charge in [-0.3, -0.25) is 9.78 Å². The predicted octanol–water partition coefficient (Wildman–Crippen LogP) is 1.36. The zero-order valence-electron chi connectivity index (χ0n) is 9.63. The minimum atomic E-state index is 0. The summed E-state index contributed by atoms with van der Waals surface area (Å²) in [4.78, 5) is 17.8. The predicted molar refractivity (Wildman–Crippen MR) is 72.1 cm³/mol. The molecule has 0 spiro atoms. The Labute approximate surface area is 114 Å². The number of pyridine rings is 1. The highest BCUT2D eigenvalue weighted by Crippen LogP contribution is 2.06. The maximum absolute atomic E-state index is 12.0. The second-order valence-electron chi connectivity index (χ2n) is 3.85. The van der Waals surface area contributed by atoms with Crippen molar-refractivity contribution in [1.82, 2.24) is 15.2 Å². The molecular formula is C11H17Cl2N3O. The lowest BCUT2D eigenvalue weighted by atomic mass is 10.2. The highest BCUT2D eigenvalue weighted by atomic mass is 35.5. The second-order valence-corrected chi connectivity index (χ2v) is 3.85. The minimum Gasteiger partial charge on any atom is -0.336 e. The molecule has 17 heavy (non-hydrogen) atoms. The van der Waals surface area contributed by atoms with Crippen molar-refractivity contribution in [3.8, 4) is 0 Å². The Kier molecular flexibility index (Phi) is 7.11. The maximum Gasteiger partial charge on any atom is 0.255 e. The molecule has 1 aliphatic rings. The first-order valence-electron chi connectivity index (χ1n) is 5.20. The molecule has 1 aliphatic heterocycles. The van der Waals surface area contributed by atoms with Gasteiger partial charge >= 0.3 is 0 Å². The van der Waals surface area contributed by atoms with Crippen LogP contribution in [0.25, 0.3) is 0 Å². The van der Waals surface area contributed by atoms with Crippen LogP contribution in [0.15, 0.2) is 24.5 Å². The van der Waals surface area contributed by atoms with Crippen LogP contribution >= 0.6 is 24.8 Å². The van der Waals surface area contributed by atoms with E-state index in [2.05, 4.69) is 17.2 Å². The maximum atomic E-state index is 12.0. The number of carbonyl (C=O) groups excluding carboxylic acids is 1. The first-order valence-corrected chi connectivity index (χ1v) is 5.20. The Balaban J connectivity index is 0.00000128. The van der Waals surface area contributed by atoms with Gasteiger partial charge in [-0.1, -0.05) is 0 Å². The number of hydrogen-bond acceptors (Lipinski definition) is 3. The zero-order valence-corrected chi connectivity index (χ0v) is 11.3. The topological polar surface area (TPSA) is 45.2 Å². The monoisotopic (exact) mass is 277 g/mol. The average Bonchev–Trinajstić information content (AvgIpc) is 2.29. The van der Waals surface area contributed by atoms with Gasteiger partial charge in [-0.25, -0.2) is 0 Å². The summed E-state index contributed by atoms with van der Waals surface area (Å²) in [7, 11) is 0. The zero-order chi connectivity index (χ0) is 10.7. The molecule has 1 fully saturated rings. The van der Waals surface area contributed by atoms with E-state index in [0.717, 1.165) is 19.6 Å². The van der Waals surface area contributed by atoms with Crippen LogP contribution in [0.5, 0.6) is 0 Å². The SMILES string of the molecule is C[C@H]1CN(C(=O)c2cccnc2)CCN1.Cl.Cl. The van der Waals surface area contributed by atoms with E-state index in [1.165, 1.54) is 0 Å². The molecule has 1 aromatic heterocycles. The standard InChI is InChI=1S/C11H15N3O.2ClH/c1-9-8-14(6-5-13-9)11(15)10-3-2-4-12-7-10;;/h2-4,7,9,13H,5-6,8H2,1H3;2*1H/t9-;;/m0../s1. The van der Waals surface area contributed by atoms with Crippen LogP contribution in [-0.4, -0.2) is 41.5 Å². The van der Waals surface area contributed by atoms with Crippen LogP contribution in [0, 0.1) is 0 Å². The van der Waals surface area contributed by atoms with E-state index in [4.69, 9.17) is 0 Å². The molecule has 96 valence electrons. The number of halogens is 2. The number of piperazine rings is 1. The molecular weight excluding hydrogens is 261 g/mol. The number of nitrogens with zero attached hydrogens (tertiary/aromatic N) is 2. The Morgan fingerprint density at radius 1 is 1.53 bits per heavy atom. The fourth-order valence-electron chi connectivity index (χ4n) is 1.79. The van der Waals surface area contributed by atoms with Crippen molar-refractivity contribution in [2.45, 2.75) is 13.0 Å². The molecule has 1 atom stereocenters. The van der Waals surface area contributed by atoms with Gasteiger partial charge in [0.2, 0.25) is 0 Å². The summed E-state index contributed by atoms with van der Waals surface area (Å²) in [6.45, 7) is 4.50. The van der Waals surface area contributed by atoms with Gasteiger partial charge in [0.15, 0.2) is 0 Å². The van der Waals surface area contributed by atoms with Crippen molar-refractivity contribution in [3.63, 3.8) is 0 Å². The minimum absolute atomic E-state index is 0. The number of nitrogens with one attached hydrogen (secondary N) is 1. The second kappa shape index (κ2) is 7.48. The molecule has 2 rings (SSSR count). The van der Waals surface area contributed by atoms with Crippen molar-refractivity contribution in [3.05, 3.63) is 30.1 Å². The third kappa shape index (κ3) is 4.15. The third-order valence-corrected chi connectivity index (χ3v) is 2.56. The van der Waals surface area contributed by atoms with Crippen molar-refractivity contribution in [2.75, 3.05) is 19.6 Å². The van der Waals surface area contributed by atoms with E-state index < -0.39 is 0 Å². The summed E-state index contributed by atoms with van der Waals surface area (Å²) in [6.07, 6.45) is 3.30. The average molecular weight is 278 g/mol. The smallest absolute Gasteiger partial charge is 0.255 e. The van der Waals surface area contributed by atoms with E-state index in [9.17, 15) is 4.79 Å². The summed E-state index contributed by atoms with van der Waals surface area (Å²) < 4.78 is 0. The highest BCUT2D eigenvalue weighted by molar-refractivity contribution is 5.93. The molecule has 1 amide bonds. The quantitative estimate of drug-likeness (QED) is 0.843. The van der Waals surface area contributed by atoms with E-state index in [1.54, 1.807) is 18.5 Å². The normalized spacial score (nSPS) is 18.9. The Bertz CT molecular complexity index is 348. The summed E-state index contributed by atoms with van der Waals surface area (Å²) >= 11 is 0. The molecule has 0 radical (unpaired) electrons. The summed E-state index contributed by atoms with van der Waals surface area (Å²) in [6, 6.07) is 3.97. The van der Waals surface area contributed by atoms with Gasteiger partial charge in [0.05, 0.1) is 5.56 Å². The lowest BCUT2D eigenvalue weighted by molar-refractivity contribution is 0.0708. The number of amides is 1. The van der Waals surface area contributed by atoms with Crippen molar-refractivity contribution in [1.29, 1.82) is 0 Å². The van der Waals surface area contributed by atoms with Crippen LogP contribution in [0.4, 0.5) is 0 Å². The molecule has 2 heterocycles. The van der Waals surface area contributed by atoms with Gasteiger partial charge in [0, 0.05) is 38.1 Å². The van der Waals surface area contributed by atoms with Crippen LogP contribution in [0.2, 0.25) is 0 Å². The first kappa shape index (κ1) is 16.2. The molecule has 1 saturated heterocycles. The van der Waals surface area contributed by atoms with E-state index in [0.29, 0.717) is 11.6 Å². The number of carbonyl (C=O) groups is 1. The third-order valence-electron chi connectivity index (χ3n) is 2.56. The molecule has 0 aromatic carbocycles. The van der Waals surface area contributed by atoms with Crippen molar-refractivity contribution >= 4 is 30.7 Å². The molecule has 1 aromatic rings. The lowest BCUT2D eigenvalue weighted by Gasteiger charge is -2.31. The molecule has 0 aliphatic carbocycles. The largest absolute Gasteiger partial charge is 0.336 e. The Morgan fingerprint density at radius 2 is 2.29 bits per heavy atom. The van der Waals surface area contributed by atoms with Crippen LogP contribution in [-0.2, 0) is 0 Å². The highest BCUT2D eigenvalue weighted by Gasteiger charge is 2.21. The van der Waals surface area contributed by atoms with Gasteiger partial charge in [-0.15, -0.1) is 24.8 Å². The molecule has 0 saturated carbocycles.